The number of nitrogens with zero attached hydrogens (tertiary/aromatic N) is 1. The maximum atomic E-state index is 8.58. The Kier molecular flexibility index (Phi) is 5.67. The third-order valence-electron chi connectivity index (χ3n) is 1.72. The van der Waals surface area contributed by atoms with Crippen LogP contribution >= 0.6 is 12.6 Å². The van der Waals surface area contributed by atoms with E-state index < -0.39 is 0 Å². The molecular formula is C11H13NO2S. The molecule has 0 unspecified atom stereocenters. The molecule has 0 aliphatic rings. The summed E-state index contributed by atoms with van der Waals surface area (Å²) in [5, 5.41) is 8.58. The first kappa shape index (κ1) is 11.9. The summed E-state index contributed by atoms with van der Waals surface area (Å²) in [6.07, 6.45) is 0. The van der Waals surface area contributed by atoms with Crippen molar-refractivity contribution in [2.75, 3.05) is 25.6 Å². The fraction of sp³-hybridized carbons (Fsp3) is 0.364. The molecule has 1 rings (SSSR count). The lowest BCUT2D eigenvalue weighted by Gasteiger charge is -2.06. The normalized spacial score (nSPS) is 9.60. The molecule has 0 aliphatic carbocycles. The third-order valence-corrected chi connectivity index (χ3v) is 1.90. The van der Waals surface area contributed by atoms with E-state index in [4.69, 9.17) is 14.7 Å². The maximum Gasteiger partial charge on any atom is 0.119 e. The Morgan fingerprint density at radius 2 is 1.87 bits per heavy atom. The van der Waals surface area contributed by atoms with Crippen molar-refractivity contribution in [1.29, 1.82) is 5.26 Å². The first-order valence-corrected chi connectivity index (χ1v) is 5.31. The van der Waals surface area contributed by atoms with Crippen LogP contribution in [0.5, 0.6) is 5.75 Å². The number of hydrogen-bond acceptors (Lipinski definition) is 4. The SMILES string of the molecule is N#Cc1ccc(OCCOCCS)cc1. The standard InChI is InChI=1S/C11H13NO2S/c12-9-10-1-3-11(4-2-10)14-6-5-13-7-8-15/h1-4,15H,5-8H2. The molecule has 0 N–H and O–H groups in total. The second-order valence-corrected chi connectivity index (χ2v) is 3.27. The Balaban J connectivity index is 2.23. The summed E-state index contributed by atoms with van der Waals surface area (Å²) in [6, 6.07) is 9.05. The second kappa shape index (κ2) is 7.16. The summed E-state index contributed by atoms with van der Waals surface area (Å²) in [5.74, 6) is 1.47. The molecule has 0 aromatic heterocycles. The number of rotatable bonds is 6. The molecule has 1 aromatic rings. The predicted octanol–water partition coefficient (Wildman–Crippen LogP) is 1.88. The van der Waals surface area contributed by atoms with Crippen molar-refractivity contribution in [2.45, 2.75) is 0 Å². The average molecular weight is 223 g/mol. The van der Waals surface area contributed by atoms with Crippen LogP contribution in [-0.2, 0) is 4.74 Å². The summed E-state index contributed by atoms with van der Waals surface area (Å²) in [5.41, 5.74) is 0.633. The molecule has 0 heterocycles. The highest BCUT2D eigenvalue weighted by Gasteiger charge is 1.94. The lowest BCUT2D eigenvalue weighted by Crippen LogP contribution is -2.07. The quantitative estimate of drug-likeness (QED) is 0.591. The lowest BCUT2D eigenvalue weighted by atomic mass is 10.2. The molecule has 0 radical (unpaired) electrons. The van der Waals surface area contributed by atoms with Gasteiger partial charge in [0.05, 0.1) is 24.8 Å². The summed E-state index contributed by atoms with van der Waals surface area (Å²) < 4.78 is 10.6. The van der Waals surface area contributed by atoms with Crippen LogP contribution in [0.3, 0.4) is 0 Å². The van der Waals surface area contributed by atoms with E-state index in [1.54, 1.807) is 24.3 Å². The van der Waals surface area contributed by atoms with Crippen molar-refractivity contribution >= 4 is 12.6 Å². The fourth-order valence-corrected chi connectivity index (χ4v) is 1.14. The predicted molar refractivity (Wildman–Crippen MR) is 61.3 cm³/mol. The van der Waals surface area contributed by atoms with Crippen molar-refractivity contribution < 1.29 is 9.47 Å². The molecule has 4 heteroatoms. The number of thiol groups is 1. The number of nitriles is 1. The van der Waals surface area contributed by atoms with Gasteiger partial charge in [-0.2, -0.15) is 17.9 Å². The molecule has 0 fully saturated rings. The Labute approximate surface area is 95.0 Å². The molecule has 1 aromatic carbocycles. The minimum atomic E-state index is 0.514. The molecule has 3 nitrogen and oxygen atoms in total. The van der Waals surface area contributed by atoms with Gasteiger partial charge in [-0.3, -0.25) is 0 Å². The molecule has 0 amide bonds. The number of hydrogen-bond donors (Lipinski definition) is 1. The van der Waals surface area contributed by atoms with Crippen LogP contribution in [-0.4, -0.2) is 25.6 Å². The van der Waals surface area contributed by atoms with E-state index in [1.807, 2.05) is 6.07 Å². The third kappa shape index (κ3) is 4.73. The second-order valence-electron chi connectivity index (χ2n) is 2.82. The molecule has 80 valence electrons. The first-order valence-electron chi connectivity index (χ1n) is 4.68. The summed E-state index contributed by atoms with van der Waals surface area (Å²) in [6.45, 7) is 1.71. The van der Waals surface area contributed by atoms with Gasteiger partial charge in [0.15, 0.2) is 0 Å². The van der Waals surface area contributed by atoms with Gasteiger partial charge in [0, 0.05) is 5.75 Å². The van der Waals surface area contributed by atoms with Crippen LogP contribution in [0.1, 0.15) is 5.56 Å². The fourth-order valence-electron chi connectivity index (χ4n) is 1.01. The van der Waals surface area contributed by atoms with Crippen LogP contribution in [0, 0.1) is 11.3 Å². The molecule has 15 heavy (non-hydrogen) atoms. The Morgan fingerprint density at radius 3 is 2.47 bits per heavy atom. The van der Waals surface area contributed by atoms with Gasteiger partial charge in [-0.25, -0.2) is 0 Å². The van der Waals surface area contributed by atoms with Crippen molar-refractivity contribution in [2.24, 2.45) is 0 Å². The van der Waals surface area contributed by atoms with E-state index in [0.717, 1.165) is 11.5 Å². The topological polar surface area (TPSA) is 42.2 Å². The van der Waals surface area contributed by atoms with Gasteiger partial charge in [-0.05, 0) is 24.3 Å². The van der Waals surface area contributed by atoms with Gasteiger partial charge in [0.2, 0.25) is 0 Å². The highest BCUT2D eigenvalue weighted by molar-refractivity contribution is 7.80. The minimum Gasteiger partial charge on any atom is -0.491 e. The Bertz CT molecular complexity index is 318. The number of ether oxygens (including phenoxy) is 2. The minimum absolute atomic E-state index is 0.514. The van der Waals surface area contributed by atoms with Gasteiger partial charge in [0.1, 0.15) is 12.4 Å². The summed E-state index contributed by atoms with van der Waals surface area (Å²) in [4.78, 5) is 0. The van der Waals surface area contributed by atoms with E-state index in [0.29, 0.717) is 25.4 Å². The van der Waals surface area contributed by atoms with Gasteiger partial charge < -0.3 is 9.47 Å². The highest BCUT2D eigenvalue weighted by atomic mass is 32.1. The first-order chi connectivity index (χ1) is 7.36. The van der Waals surface area contributed by atoms with Crippen LogP contribution in [0.4, 0.5) is 0 Å². The molecule has 0 spiro atoms. The summed E-state index contributed by atoms with van der Waals surface area (Å²) >= 11 is 4.02. The zero-order valence-corrected chi connectivity index (χ0v) is 9.24. The van der Waals surface area contributed by atoms with E-state index >= 15 is 0 Å². The van der Waals surface area contributed by atoms with Crippen molar-refractivity contribution in [3.05, 3.63) is 29.8 Å². The molecule has 0 saturated carbocycles. The molecule has 0 bridgehead atoms. The van der Waals surface area contributed by atoms with Crippen molar-refractivity contribution in [1.82, 2.24) is 0 Å². The largest absolute Gasteiger partial charge is 0.491 e. The zero-order valence-electron chi connectivity index (χ0n) is 8.35. The molecular weight excluding hydrogens is 210 g/mol. The van der Waals surface area contributed by atoms with E-state index in [9.17, 15) is 0 Å². The van der Waals surface area contributed by atoms with Gasteiger partial charge in [-0.1, -0.05) is 0 Å². The average Bonchev–Trinajstić information content (AvgIpc) is 2.30. The Hall–Kier alpha value is -1.18. The van der Waals surface area contributed by atoms with E-state index in [-0.39, 0.29) is 0 Å². The highest BCUT2D eigenvalue weighted by Crippen LogP contribution is 2.11. The summed E-state index contributed by atoms with van der Waals surface area (Å²) in [7, 11) is 0. The smallest absolute Gasteiger partial charge is 0.119 e. The molecule has 0 aliphatic heterocycles. The van der Waals surface area contributed by atoms with Crippen molar-refractivity contribution in [3.8, 4) is 11.8 Å². The van der Waals surface area contributed by atoms with Gasteiger partial charge >= 0.3 is 0 Å². The van der Waals surface area contributed by atoms with Gasteiger partial charge in [0.25, 0.3) is 0 Å². The van der Waals surface area contributed by atoms with Gasteiger partial charge in [-0.15, -0.1) is 0 Å². The van der Waals surface area contributed by atoms with E-state index in [2.05, 4.69) is 12.6 Å². The number of benzene rings is 1. The van der Waals surface area contributed by atoms with Crippen LogP contribution in [0.25, 0.3) is 0 Å². The molecule has 0 saturated heterocycles. The van der Waals surface area contributed by atoms with Crippen LogP contribution in [0.15, 0.2) is 24.3 Å². The van der Waals surface area contributed by atoms with Crippen molar-refractivity contribution in [3.63, 3.8) is 0 Å². The van der Waals surface area contributed by atoms with E-state index in [1.165, 1.54) is 0 Å². The lowest BCUT2D eigenvalue weighted by molar-refractivity contribution is 0.112. The maximum absolute atomic E-state index is 8.58. The monoisotopic (exact) mass is 223 g/mol. The Morgan fingerprint density at radius 1 is 1.13 bits per heavy atom. The van der Waals surface area contributed by atoms with Crippen LogP contribution in [0.2, 0.25) is 0 Å². The molecule has 0 atom stereocenters. The zero-order chi connectivity index (χ0) is 10.9. The van der Waals surface area contributed by atoms with Crippen LogP contribution < -0.4 is 4.74 Å².